The highest BCUT2D eigenvalue weighted by Gasteiger charge is 2.04. The molecule has 0 saturated heterocycles. The molecule has 0 aliphatic carbocycles. The second kappa shape index (κ2) is 6.72. The Morgan fingerprint density at radius 2 is 1.73 bits per heavy atom. The van der Waals surface area contributed by atoms with Gasteiger partial charge in [-0.1, -0.05) is 36.4 Å². The summed E-state index contributed by atoms with van der Waals surface area (Å²) in [5, 5.41) is 3.84. The first-order valence-electron chi connectivity index (χ1n) is 7.15. The molecule has 0 fully saturated rings. The van der Waals surface area contributed by atoms with Gasteiger partial charge in [0.15, 0.2) is 0 Å². The number of aromatic nitrogens is 1. The molecule has 1 N–H and O–H groups in total. The van der Waals surface area contributed by atoms with E-state index in [4.69, 9.17) is 4.74 Å². The summed E-state index contributed by atoms with van der Waals surface area (Å²) in [6.45, 7) is 0.337. The van der Waals surface area contributed by atoms with Gasteiger partial charge in [-0.15, -0.1) is 0 Å². The van der Waals surface area contributed by atoms with Crippen molar-refractivity contribution >= 4 is 22.6 Å². The molecule has 4 nitrogen and oxygen atoms in total. The highest BCUT2D eigenvalue weighted by molar-refractivity contribution is 5.91. The van der Waals surface area contributed by atoms with Crippen LogP contribution in [0.15, 0.2) is 66.7 Å². The average Bonchev–Trinajstić information content (AvgIpc) is 2.56. The van der Waals surface area contributed by atoms with Crippen LogP contribution >= 0.6 is 0 Å². The van der Waals surface area contributed by atoms with Gasteiger partial charge < -0.3 is 10.1 Å². The molecule has 0 saturated carbocycles. The van der Waals surface area contributed by atoms with Crippen LogP contribution in [0.3, 0.4) is 0 Å². The van der Waals surface area contributed by atoms with Crippen LogP contribution in [0.1, 0.15) is 6.42 Å². The van der Waals surface area contributed by atoms with Gasteiger partial charge in [-0.05, 0) is 30.3 Å². The molecule has 0 aliphatic heterocycles. The Bertz CT molecular complexity index is 772. The Kier molecular flexibility index (Phi) is 4.30. The van der Waals surface area contributed by atoms with E-state index in [1.807, 2.05) is 60.7 Å². The lowest BCUT2D eigenvalue weighted by molar-refractivity contribution is -0.116. The first kappa shape index (κ1) is 14.1. The van der Waals surface area contributed by atoms with Crippen LogP contribution in [-0.2, 0) is 4.79 Å². The van der Waals surface area contributed by atoms with E-state index in [1.54, 1.807) is 6.07 Å². The molecule has 3 rings (SSSR count). The van der Waals surface area contributed by atoms with Gasteiger partial charge in [-0.3, -0.25) is 4.79 Å². The molecule has 22 heavy (non-hydrogen) atoms. The molecule has 0 unspecified atom stereocenters. The van der Waals surface area contributed by atoms with Crippen molar-refractivity contribution in [3.05, 3.63) is 66.7 Å². The summed E-state index contributed by atoms with van der Waals surface area (Å²) in [5.41, 5.74) is 0.862. The summed E-state index contributed by atoms with van der Waals surface area (Å²) in [7, 11) is 0. The number of rotatable bonds is 5. The minimum Gasteiger partial charge on any atom is -0.493 e. The first-order chi connectivity index (χ1) is 10.8. The molecule has 3 aromatic rings. The largest absolute Gasteiger partial charge is 0.493 e. The van der Waals surface area contributed by atoms with Crippen LogP contribution < -0.4 is 10.1 Å². The standard InChI is InChI=1S/C18H16N2O2/c21-18(12-13-22-15-7-2-1-3-8-15)20-17-11-10-14-6-4-5-9-16(14)19-17/h1-11H,12-13H2,(H,19,20,21). The van der Waals surface area contributed by atoms with Crippen molar-refractivity contribution in [1.29, 1.82) is 0 Å². The number of carbonyl (C=O) groups is 1. The van der Waals surface area contributed by atoms with E-state index in [-0.39, 0.29) is 12.3 Å². The van der Waals surface area contributed by atoms with Gasteiger partial charge in [0.25, 0.3) is 0 Å². The Morgan fingerprint density at radius 1 is 0.955 bits per heavy atom. The van der Waals surface area contributed by atoms with E-state index < -0.39 is 0 Å². The third kappa shape index (κ3) is 3.61. The van der Waals surface area contributed by atoms with E-state index in [9.17, 15) is 4.79 Å². The predicted molar refractivity (Wildman–Crippen MR) is 86.9 cm³/mol. The number of fused-ring (bicyclic) bond motifs is 1. The molecule has 4 heteroatoms. The van der Waals surface area contributed by atoms with Crippen LogP contribution in [0, 0.1) is 0 Å². The van der Waals surface area contributed by atoms with Crippen molar-refractivity contribution in [2.24, 2.45) is 0 Å². The first-order valence-corrected chi connectivity index (χ1v) is 7.15. The smallest absolute Gasteiger partial charge is 0.228 e. The van der Waals surface area contributed by atoms with Gasteiger partial charge in [0.05, 0.1) is 18.5 Å². The van der Waals surface area contributed by atoms with E-state index in [0.717, 1.165) is 16.7 Å². The van der Waals surface area contributed by atoms with Crippen molar-refractivity contribution in [2.45, 2.75) is 6.42 Å². The van der Waals surface area contributed by atoms with Gasteiger partial charge in [0, 0.05) is 5.39 Å². The van der Waals surface area contributed by atoms with Crippen LogP contribution in [0.5, 0.6) is 5.75 Å². The lowest BCUT2D eigenvalue weighted by Gasteiger charge is -2.07. The fraction of sp³-hybridized carbons (Fsp3) is 0.111. The van der Waals surface area contributed by atoms with Crippen molar-refractivity contribution < 1.29 is 9.53 Å². The van der Waals surface area contributed by atoms with Gasteiger partial charge in [-0.25, -0.2) is 4.98 Å². The lowest BCUT2D eigenvalue weighted by Crippen LogP contribution is -2.15. The van der Waals surface area contributed by atoms with Gasteiger partial charge in [0.2, 0.25) is 5.91 Å². The van der Waals surface area contributed by atoms with Crippen LogP contribution in [0.2, 0.25) is 0 Å². The summed E-state index contributed by atoms with van der Waals surface area (Å²) < 4.78 is 5.50. The Hall–Kier alpha value is -2.88. The maximum atomic E-state index is 11.9. The second-order valence-electron chi connectivity index (χ2n) is 4.85. The predicted octanol–water partition coefficient (Wildman–Crippen LogP) is 3.64. The molecule has 0 radical (unpaired) electrons. The minimum atomic E-state index is -0.112. The maximum absolute atomic E-state index is 11.9. The third-order valence-corrected chi connectivity index (χ3v) is 3.21. The van der Waals surface area contributed by atoms with Crippen molar-refractivity contribution in [1.82, 2.24) is 4.98 Å². The molecule has 2 aromatic carbocycles. The van der Waals surface area contributed by atoms with E-state index >= 15 is 0 Å². The zero-order valence-electron chi connectivity index (χ0n) is 12.0. The number of para-hydroxylation sites is 2. The number of hydrogen-bond donors (Lipinski definition) is 1. The maximum Gasteiger partial charge on any atom is 0.228 e. The topological polar surface area (TPSA) is 51.2 Å². The number of carbonyl (C=O) groups excluding carboxylic acids is 1. The number of amides is 1. The minimum absolute atomic E-state index is 0.112. The van der Waals surface area contributed by atoms with Crippen LogP contribution in [-0.4, -0.2) is 17.5 Å². The molecule has 0 spiro atoms. The van der Waals surface area contributed by atoms with E-state index in [0.29, 0.717) is 12.4 Å². The number of benzene rings is 2. The zero-order chi connectivity index (χ0) is 15.2. The molecular weight excluding hydrogens is 276 g/mol. The Balaban J connectivity index is 1.54. The quantitative estimate of drug-likeness (QED) is 0.781. The van der Waals surface area contributed by atoms with Gasteiger partial charge in [-0.2, -0.15) is 0 Å². The monoisotopic (exact) mass is 292 g/mol. The number of nitrogens with zero attached hydrogens (tertiary/aromatic N) is 1. The molecular formula is C18H16N2O2. The molecule has 0 aliphatic rings. The van der Waals surface area contributed by atoms with E-state index in [2.05, 4.69) is 10.3 Å². The number of pyridine rings is 1. The summed E-state index contributed by atoms with van der Waals surface area (Å²) in [5.74, 6) is 1.21. The Labute approximate surface area is 128 Å². The molecule has 0 bridgehead atoms. The SMILES string of the molecule is O=C(CCOc1ccccc1)Nc1ccc2ccccc2n1. The molecule has 1 aromatic heterocycles. The average molecular weight is 292 g/mol. The fourth-order valence-electron chi connectivity index (χ4n) is 2.12. The molecule has 1 amide bonds. The summed E-state index contributed by atoms with van der Waals surface area (Å²) in [4.78, 5) is 16.3. The van der Waals surface area contributed by atoms with Gasteiger partial charge in [0.1, 0.15) is 11.6 Å². The van der Waals surface area contributed by atoms with Gasteiger partial charge >= 0.3 is 0 Å². The summed E-state index contributed by atoms with van der Waals surface area (Å²) >= 11 is 0. The third-order valence-electron chi connectivity index (χ3n) is 3.21. The highest BCUT2D eigenvalue weighted by atomic mass is 16.5. The van der Waals surface area contributed by atoms with Crippen LogP contribution in [0.25, 0.3) is 10.9 Å². The number of ether oxygens (including phenoxy) is 1. The summed E-state index contributed by atoms with van der Waals surface area (Å²) in [6.07, 6.45) is 0.281. The second-order valence-corrected chi connectivity index (χ2v) is 4.85. The number of nitrogens with one attached hydrogen (secondary N) is 1. The number of anilines is 1. The lowest BCUT2D eigenvalue weighted by atomic mass is 10.2. The summed E-state index contributed by atoms with van der Waals surface area (Å²) in [6, 6.07) is 21.0. The highest BCUT2D eigenvalue weighted by Crippen LogP contribution is 2.14. The fourth-order valence-corrected chi connectivity index (χ4v) is 2.12. The zero-order valence-corrected chi connectivity index (χ0v) is 12.0. The number of hydrogen-bond acceptors (Lipinski definition) is 3. The van der Waals surface area contributed by atoms with Crippen molar-refractivity contribution in [3.8, 4) is 5.75 Å². The molecule has 110 valence electrons. The molecule has 0 atom stereocenters. The normalized spacial score (nSPS) is 10.4. The van der Waals surface area contributed by atoms with Crippen molar-refractivity contribution in [3.63, 3.8) is 0 Å². The van der Waals surface area contributed by atoms with Crippen molar-refractivity contribution in [2.75, 3.05) is 11.9 Å². The Morgan fingerprint density at radius 3 is 2.59 bits per heavy atom. The molecule has 1 heterocycles. The van der Waals surface area contributed by atoms with E-state index in [1.165, 1.54) is 0 Å². The van der Waals surface area contributed by atoms with Crippen LogP contribution in [0.4, 0.5) is 5.82 Å².